The maximum Gasteiger partial charge on any atom is 0.396 e. The zero-order valence-electron chi connectivity index (χ0n) is 8.88. The molecule has 0 aliphatic heterocycles. The van der Waals surface area contributed by atoms with Gasteiger partial charge in [0.2, 0.25) is 0 Å². The number of aryl methyl sites for hydroxylation is 1. The first-order chi connectivity index (χ1) is 7.71. The van der Waals surface area contributed by atoms with Crippen LogP contribution < -0.4 is 0 Å². The Balaban J connectivity index is 3.13. The van der Waals surface area contributed by atoms with Gasteiger partial charge >= 0.3 is 12.1 Å². The van der Waals surface area contributed by atoms with E-state index in [1.54, 1.807) is 6.92 Å². The third-order valence-corrected chi connectivity index (χ3v) is 3.25. The highest BCUT2D eigenvalue weighted by atomic mass is 79.9. The molecule has 0 fully saturated rings. The molecule has 0 aliphatic rings. The van der Waals surface area contributed by atoms with Crippen molar-refractivity contribution < 1.29 is 23.1 Å². The van der Waals surface area contributed by atoms with Gasteiger partial charge in [0, 0.05) is 4.47 Å². The van der Waals surface area contributed by atoms with Crippen LogP contribution in [-0.2, 0) is 4.79 Å². The number of aliphatic carboxylic acids is 1. The largest absolute Gasteiger partial charge is 0.481 e. The van der Waals surface area contributed by atoms with Crippen LogP contribution in [0.2, 0.25) is 0 Å². The van der Waals surface area contributed by atoms with Gasteiger partial charge in [0.25, 0.3) is 0 Å². The second kappa shape index (κ2) is 5.08. The highest BCUT2D eigenvalue weighted by Crippen LogP contribution is 2.38. The van der Waals surface area contributed by atoms with Crippen molar-refractivity contribution >= 4 is 21.9 Å². The number of halogens is 4. The van der Waals surface area contributed by atoms with Gasteiger partial charge in [-0.15, -0.1) is 0 Å². The van der Waals surface area contributed by atoms with Gasteiger partial charge in [-0.1, -0.05) is 28.1 Å². The molecular weight excluding hydrogens is 301 g/mol. The van der Waals surface area contributed by atoms with Crippen LogP contribution in [-0.4, -0.2) is 17.3 Å². The monoisotopic (exact) mass is 310 g/mol. The molecule has 2 nitrogen and oxygen atoms in total. The van der Waals surface area contributed by atoms with Crippen molar-refractivity contribution in [2.75, 3.05) is 0 Å². The van der Waals surface area contributed by atoms with Crippen molar-refractivity contribution in [1.29, 1.82) is 0 Å². The third-order valence-electron chi connectivity index (χ3n) is 2.36. The molecule has 0 saturated heterocycles. The molecule has 1 N–H and O–H groups in total. The molecule has 0 spiro atoms. The normalized spacial score (nSPS) is 13.5. The van der Waals surface area contributed by atoms with E-state index in [0.717, 1.165) is 0 Å². The minimum Gasteiger partial charge on any atom is -0.481 e. The summed E-state index contributed by atoms with van der Waals surface area (Å²) in [5.41, 5.74) is 0.614. The summed E-state index contributed by atoms with van der Waals surface area (Å²) in [7, 11) is 0. The van der Waals surface area contributed by atoms with E-state index in [4.69, 9.17) is 5.11 Å². The topological polar surface area (TPSA) is 37.3 Å². The van der Waals surface area contributed by atoms with E-state index < -0.39 is 24.5 Å². The number of rotatable bonds is 3. The maximum absolute atomic E-state index is 12.7. The summed E-state index contributed by atoms with van der Waals surface area (Å²) in [6, 6.07) is 4.13. The molecule has 1 aromatic rings. The SMILES string of the molecule is Cc1cc(C(CC(=O)O)C(F)(F)F)ccc1Br. The van der Waals surface area contributed by atoms with Gasteiger partial charge in [-0.3, -0.25) is 4.79 Å². The molecule has 94 valence electrons. The Morgan fingerprint density at radius 1 is 1.47 bits per heavy atom. The Hall–Kier alpha value is -1.04. The predicted octanol–water partition coefficient (Wildman–Crippen LogP) is 3.88. The molecule has 0 aromatic heterocycles. The molecule has 1 aromatic carbocycles. The second-order valence-electron chi connectivity index (χ2n) is 3.70. The van der Waals surface area contributed by atoms with E-state index in [0.29, 0.717) is 10.0 Å². The predicted molar refractivity (Wildman–Crippen MR) is 59.9 cm³/mol. The lowest BCUT2D eigenvalue weighted by Crippen LogP contribution is -2.23. The van der Waals surface area contributed by atoms with Crippen molar-refractivity contribution in [1.82, 2.24) is 0 Å². The van der Waals surface area contributed by atoms with Crippen LogP contribution in [0.15, 0.2) is 22.7 Å². The summed E-state index contributed by atoms with van der Waals surface area (Å²) in [4.78, 5) is 10.5. The summed E-state index contributed by atoms with van der Waals surface area (Å²) in [6.07, 6.45) is -5.51. The molecule has 0 amide bonds. The van der Waals surface area contributed by atoms with Gasteiger partial charge in [0.05, 0.1) is 12.3 Å². The van der Waals surface area contributed by atoms with E-state index in [9.17, 15) is 18.0 Å². The molecule has 1 atom stereocenters. The fraction of sp³-hybridized carbons (Fsp3) is 0.364. The first-order valence-electron chi connectivity index (χ1n) is 4.76. The molecule has 0 heterocycles. The van der Waals surface area contributed by atoms with E-state index in [-0.39, 0.29) is 5.56 Å². The molecular formula is C11H10BrF3O2. The first-order valence-corrected chi connectivity index (χ1v) is 5.55. The number of carbonyl (C=O) groups is 1. The van der Waals surface area contributed by atoms with Crippen LogP contribution in [0.3, 0.4) is 0 Å². The molecule has 0 saturated carbocycles. The maximum atomic E-state index is 12.7. The molecule has 1 unspecified atom stereocenters. The third kappa shape index (κ3) is 3.73. The standard InChI is InChI=1S/C11H10BrF3O2/c1-6-4-7(2-3-9(6)12)8(5-10(16)17)11(13,14)15/h2-4,8H,5H2,1H3,(H,16,17). The Kier molecular flexibility index (Phi) is 4.19. The fourth-order valence-corrected chi connectivity index (χ4v) is 1.73. The molecule has 0 radical (unpaired) electrons. The summed E-state index contributed by atoms with van der Waals surface area (Å²) in [5.74, 6) is -3.43. The van der Waals surface area contributed by atoms with Crippen LogP contribution in [0.4, 0.5) is 13.2 Å². The number of hydrogen-bond acceptors (Lipinski definition) is 1. The van der Waals surface area contributed by atoms with E-state index in [1.165, 1.54) is 18.2 Å². The summed E-state index contributed by atoms with van der Waals surface area (Å²) < 4.78 is 38.9. The van der Waals surface area contributed by atoms with Gasteiger partial charge in [-0.25, -0.2) is 0 Å². The Morgan fingerprint density at radius 2 is 2.06 bits per heavy atom. The zero-order chi connectivity index (χ0) is 13.2. The number of hydrogen-bond donors (Lipinski definition) is 1. The quantitative estimate of drug-likeness (QED) is 0.920. The van der Waals surface area contributed by atoms with Crippen LogP contribution in [0, 0.1) is 6.92 Å². The highest BCUT2D eigenvalue weighted by Gasteiger charge is 2.42. The van der Waals surface area contributed by atoms with E-state index >= 15 is 0 Å². The number of benzene rings is 1. The fourth-order valence-electron chi connectivity index (χ4n) is 1.48. The molecule has 6 heteroatoms. The first kappa shape index (κ1) is 14.0. The lowest BCUT2D eigenvalue weighted by molar-refractivity contribution is -0.163. The van der Waals surface area contributed by atoms with Gasteiger partial charge in [-0.2, -0.15) is 13.2 Å². The van der Waals surface area contributed by atoms with Crippen molar-refractivity contribution in [3.05, 3.63) is 33.8 Å². The minimum absolute atomic E-state index is 0.0272. The van der Waals surface area contributed by atoms with Crippen LogP contribution in [0.1, 0.15) is 23.5 Å². The molecule has 1 rings (SSSR count). The molecule has 0 bridgehead atoms. The van der Waals surface area contributed by atoms with Crippen molar-refractivity contribution in [3.8, 4) is 0 Å². The van der Waals surface area contributed by atoms with Crippen LogP contribution in [0.5, 0.6) is 0 Å². The Morgan fingerprint density at radius 3 is 2.47 bits per heavy atom. The lowest BCUT2D eigenvalue weighted by atomic mass is 9.94. The lowest BCUT2D eigenvalue weighted by Gasteiger charge is -2.19. The van der Waals surface area contributed by atoms with Gasteiger partial charge in [0.15, 0.2) is 0 Å². The van der Waals surface area contributed by atoms with Gasteiger partial charge < -0.3 is 5.11 Å². The van der Waals surface area contributed by atoms with Crippen LogP contribution >= 0.6 is 15.9 Å². The highest BCUT2D eigenvalue weighted by molar-refractivity contribution is 9.10. The molecule has 17 heavy (non-hydrogen) atoms. The minimum atomic E-state index is -4.56. The number of alkyl halides is 3. The second-order valence-corrected chi connectivity index (χ2v) is 4.56. The summed E-state index contributed by atoms with van der Waals surface area (Å²) in [5, 5.41) is 8.52. The zero-order valence-corrected chi connectivity index (χ0v) is 10.5. The van der Waals surface area contributed by atoms with Gasteiger partial charge in [-0.05, 0) is 24.1 Å². The van der Waals surface area contributed by atoms with Gasteiger partial charge in [0.1, 0.15) is 0 Å². The summed E-state index contributed by atoms with van der Waals surface area (Å²) >= 11 is 3.18. The summed E-state index contributed by atoms with van der Waals surface area (Å²) in [6.45, 7) is 1.65. The smallest absolute Gasteiger partial charge is 0.396 e. The Bertz CT molecular complexity index is 429. The van der Waals surface area contributed by atoms with Crippen molar-refractivity contribution in [2.45, 2.75) is 25.4 Å². The van der Waals surface area contributed by atoms with E-state index in [1.807, 2.05) is 0 Å². The number of carboxylic acids is 1. The number of carboxylic acid groups (broad SMARTS) is 1. The Labute approximate surface area is 105 Å². The van der Waals surface area contributed by atoms with Crippen molar-refractivity contribution in [2.24, 2.45) is 0 Å². The van der Waals surface area contributed by atoms with E-state index in [2.05, 4.69) is 15.9 Å². The van der Waals surface area contributed by atoms with Crippen LogP contribution in [0.25, 0.3) is 0 Å². The average Bonchev–Trinajstić information content (AvgIpc) is 2.17. The van der Waals surface area contributed by atoms with Crippen molar-refractivity contribution in [3.63, 3.8) is 0 Å². The average molecular weight is 311 g/mol. The molecule has 0 aliphatic carbocycles.